The first-order valence-corrected chi connectivity index (χ1v) is 8.41. The molecule has 0 atom stereocenters. The first-order chi connectivity index (χ1) is 11.7. The molecule has 1 aromatic heterocycles. The Hall–Kier alpha value is -2.34. The Labute approximate surface area is 142 Å². The number of nitrogens with zero attached hydrogens (tertiary/aromatic N) is 2. The smallest absolute Gasteiger partial charge is 0.222 e. The van der Waals surface area contributed by atoms with Crippen LogP contribution in [-0.4, -0.2) is 29.7 Å². The number of aryl methyl sites for hydroxylation is 1. The van der Waals surface area contributed by atoms with Crippen molar-refractivity contribution in [3.8, 4) is 5.75 Å². The van der Waals surface area contributed by atoms with Crippen LogP contribution in [0.2, 0.25) is 0 Å². The molecule has 1 saturated carbocycles. The molecule has 0 unspecified atom stereocenters. The van der Waals surface area contributed by atoms with E-state index in [1.165, 1.54) is 5.56 Å². The van der Waals surface area contributed by atoms with E-state index in [9.17, 15) is 0 Å². The summed E-state index contributed by atoms with van der Waals surface area (Å²) in [5.41, 5.74) is 13.9. The van der Waals surface area contributed by atoms with Crippen molar-refractivity contribution in [2.45, 2.75) is 37.6 Å². The molecule has 5 N–H and O–H groups in total. The van der Waals surface area contributed by atoms with Crippen LogP contribution in [0.5, 0.6) is 5.75 Å². The lowest BCUT2D eigenvalue weighted by Gasteiger charge is -2.32. The number of anilines is 2. The van der Waals surface area contributed by atoms with Crippen molar-refractivity contribution in [1.29, 1.82) is 0 Å². The van der Waals surface area contributed by atoms with E-state index in [0.717, 1.165) is 49.5 Å². The van der Waals surface area contributed by atoms with Gasteiger partial charge in [-0.05, 0) is 37.3 Å². The molecule has 1 aliphatic carbocycles. The Balaban J connectivity index is 1.53. The summed E-state index contributed by atoms with van der Waals surface area (Å²) < 4.78 is 5.38. The maximum absolute atomic E-state index is 5.86. The molecule has 0 amide bonds. The second kappa shape index (κ2) is 7.49. The van der Waals surface area contributed by atoms with Crippen LogP contribution < -0.4 is 21.5 Å². The summed E-state index contributed by atoms with van der Waals surface area (Å²) in [7, 11) is 1.70. The minimum absolute atomic E-state index is 0.295. The number of ether oxygens (including phenoxy) is 1. The number of nitrogens with two attached hydrogens (primary N) is 2. The van der Waals surface area contributed by atoms with E-state index in [2.05, 4.69) is 21.4 Å². The predicted molar refractivity (Wildman–Crippen MR) is 96.2 cm³/mol. The molecule has 0 radical (unpaired) electrons. The Morgan fingerprint density at radius 2 is 2.04 bits per heavy atom. The van der Waals surface area contributed by atoms with Crippen LogP contribution in [0.25, 0.3) is 0 Å². The van der Waals surface area contributed by atoms with Crippen LogP contribution in [0.15, 0.2) is 30.3 Å². The zero-order chi connectivity index (χ0) is 16.9. The minimum Gasteiger partial charge on any atom is -0.496 e. The largest absolute Gasteiger partial charge is 0.496 e. The molecule has 1 heterocycles. The summed E-state index contributed by atoms with van der Waals surface area (Å²) in [4.78, 5) is 8.61. The highest BCUT2D eigenvalue weighted by atomic mass is 16.5. The van der Waals surface area contributed by atoms with Gasteiger partial charge in [0.25, 0.3) is 0 Å². The molecule has 2 aromatic rings. The van der Waals surface area contributed by atoms with Gasteiger partial charge in [-0.15, -0.1) is 0 Å². The molecular weight excluding hydrogens is 302 g/mol. The first kappa shape index (κ1) is 16.5. The van der Waals surface area contributed by atoms with E-state index in [-0.39, 0.29) is 0 Å². The quantitative estimate of drug-likeness (QED) is 0.675. The molecule has 1 aromatic carbocycles. The number of nitrogens with one attached hydrogen (secondary N) is 1. The fourth-order valence-electron chi connectivity index (χ4n) is 3.09. The number of aromatic nitrogens is 2. The first-order valence-electron chi connectivity index (χ1n) is 8.41. The van der Waals surface area contributed by atoms with E-state index >= 15 is 0 Å². The molecule has 0 spiro atoms. The number of benzene rings is 1. The molecule has 3 rings (SSSR count). The van der Waals surface area contributed by atoms with Crippen molar-refractivity contribution in [1.82, 2.24) is 9.97 Å². The lowest BCUT2D eigenvalue weighted by molar-refractivity contribution is 0.345. The average Bonchev–Trinajstić information content (AvgIpc) is 2.55. The number of para-hydroxylation sites is 1. The summed E-state index contributed by atoms with van der Waals surface area (Å²) in [6.07, 6.45) is 3.88. The van der Waals surface area contributed by atoms with Gasteiger partial charge in [-0.1, -0.05) is 18.2 Å². The van der Waals surface area contributed by atoms with E-state index in [1.807, 2.05) is 24.3 Å². The van der Waals surface area contributed by atoms with Crippen LogP contribution in [0, 0.1) is 0 Å². The van der Waals surface area contributed by atoms with E-state index in [4.69, 9.17) is 16.2 Å². The second-order valence-corrected chi connectivity index (χ2v) is 6.31. The van der Waals surface area contributed by atoms with Gasteiger partial charge in [0.05, 0.1) is 12.8 Å². The van der Waals surface area contributed by atoms with Gasteiger partial charge in [-0.3, -0.25) is 0 Å². The van der Waals surface area contributed by atoms with Gasteiger partial charge in [0.2, 0.25) is 5.95 Å². The van der Waals surface area contributed by atoms with Crippen LogP contribution in [0.3, 0.4) is 0 Å². The SMILES string of the molecule is COc1ccccc1CCCNc1cc(C2CC(N)C2)nc(N)n1. The summed E-state index contributed by atoms with van der Waals surface area (Å²) in [5.74, 6) is 2.46. The lowest BCUT2D eigenvalue weighted by atomic mass is 9.78. The van der Waals surface area contributed by atoms with Crippen molar-refractivity contribution in [2.75, 3.05) is 24.7 Å². The standard InChI is InChI=1S/C18H25N5O/c1-24-16-7-3-2-5-12(16)6-4-8-21-17-11-15(22-18(20)23-17)13-9-14(19)10-13/h2-3,5,7,11,13-14H,4,6,8-10,19H2,1H3,(H3,20,21,22,23). The predicted octanol–water partition coefficient (Wildman–Crippen LogP) is 2.32. The highest BCUT2D eigenvalue weighted by molar-refractivity contribution is 5.42. The van der Waals surface area contributed by atoms with Gasteiger partial charge in [0.15, 0.2) is 0 Å². The lowest BCUT2D eigenvalue weighted by Crippen LogP contribution is -2.35. The Morgan fingerprint density at radius 1 is 1.25 bits per heavy atom. The van der Waals surface area contributed by atoms with Crippen molar-refractivity contribution in [3.63, 3.8) is 0 Å². The van der Waals surface area contributed by atoms with E-state index in [1.54, 1.807) is 7.11 Å². The molecular formula is C18H25N5O. The van der Waals surface area contributed by atoms with Crippen molar-refractivity contribution in [3.05, 3.63) is 41.6 Å². The fraction of sp³-hybridized carbons (Fsp3) is 0.444. The van der Waals surface area contributed by atoms with Gasteiger partial charge in [0.1, 0.15) is 11.6 Å². The molecule has 0 aliphatic heterocycles. The van der Waals surface area contributed by atoms with Crippen LogP contribution in [0.4, 0.5) is 11.8 Å². The average molecular weight is 327 g/mol. The van der Waals surface area contributed by atoms with Crippen molar-refractivity contribution >= 4 is 11.8 Å². The van der Waals surface area contributed by atoms with Gasteiger partial charge in [0, 0.05) is 24.6 Å². The number of nitrogen functional groups attached to an aromatic ring is 1. The highest BCUT2D eigenvalue weighted by Gasteiger charge is 2.29. The fourth-order valence-corrected chi connectivity index (χ4v) is 3.09. The van der Waals surface area contributed by atoms with Gasteiger partial charge in [-0.25, -0.2) is 4.98 Å². The van der Waals surface area contributed by atoms with Crippen molar-refractivity contribution in [2.24, 2.45) is 5.73 Å². The number of hydrogen-bond acceptors (Lipinski definition) is 6. The van der Waals surface area contributed by atoms with Gasteiger partial charge < -0.3 is 21.5 Å². The van der Waals surface area contributed by atoms with E-state index in [0.29, 0.717) is 17.9 Å². The summed E-state index contributed by atoms with van der Waals surface area (Å²) in [6, 6.07) is 10.4. The second-order valence-electron chi connectivity index (χ2n) is 6.31. The van der Waals surface area contributed by atoms with Crippen LogP contribution >= 0.6 is 0 Å². The molecule has 6 heteroatoms. The highest BCUT2D eigenvalue weighted by Crippen LogP contribution is 2.35. The molecule has 6 nitrogen and oxygen atoms in total. The van der Waals surface area contributed by atoms with Crippen molar-refractivity contribution < 1.29 is 4.74 Å². The molecule has 128 valence electrons. The number of methoxy groups -OCH3 is 1. The topological polar surface area (TPSA) is 99.1 Å². The maximum Gasteiger partial charge on any atom is 0.222 e. The van der Waals surface area contributed by atoms with Gasteiger partial charge >= 0.3 is 0 Å². The van der Waals surface area contributed by atoms with E-state index < -0.39 is 0 Å². The van der Waals surface area contributed by atoms with Gasteiger partial charge in [-0.2, -0.15) is 4.98 Å². The summed E-state index contributed by atoms with van der Waals surface area (Å²) in [6.45, 7) is 0.818. The minimum atomic E-state index is 0.295. The third kappa shape index (κ3) is 3.94. The maximum atomic E-state index is 5.86. The third-order valence-electron chi connectivity index (χ3n) is 4.48. The monoisotopic (exact) mass is 327 g/mol. The Morgan fingerprint density at radius 3 is 2.79 bits per heavy atom. The molecule has 0 saturated heterocycles. The Kier molecular flexibility index (Phi) is 5.15. The summed E-state index contributed by atoms with van der Waals surface area (Å²) >= 11 is 0. The molecule has 24 heavy (non-hydrogen) atoms. The zero-order valence-electron chi connectivity index (χ0n) is 14.0. The zero-order valence-corrected chi connectivity index (χ0v) is 14.0. The molecule has 1 aliphatic rings. The molecule has 0 bridgehead atoms. The van der Waals surface area contributed by atoms with Crippen LogP contribution in [0.1, 0.15) is 36.4 Å². The Bertz CT molecular complexity index is 685. The number of rotatable bonds is 7. The normalized spacial score (nSPS) is 19.6. The third-order valence-corrected chi connectivity index (χ3v) is 4.48. The summed E-state index contributed by atoms with van der Waals surface area (Å²) in [5, 5.41) is 3.34. The van der Waals surface area contributed by atoms with Crippen LogP contribution in [-0.2, 0) is 6.42 Å². The molecule has 1 fully saturated rings. The number of hydrogen-bond donors (Lipinski definition) is 3.